The van der Waals surface area contributed by atoms with Crippen molar-refractivity contribution in [3.8, 4) is 11.5 Å². The van der Waals surface area contributed by atoms with Crippen LogP contribution in [0, 0.1) is 0 Å². The Labute approximate surface area is 170 Å². The van der Waals surface area contributed by atoms with Gasteiger partial charge in [-0.2, -0.15) is 0 Å². The summed E-state index contributed by atoms with van der Waals surface area (Å²) in [5.41, 5.74) is 1.32. The zero-order valence-electron chi connectivity index (χ0n) is 15.3. The fourth-order valence-corrected chi connectivity index (χ4v) is 4.05. The van der Waals surface area contributed by atoms with Crippen LogP contribution < -0.4 is 5.56 Å². The number of benzene rings is 2. The zero-order chi connectivity index (χ0) is 19.7. The number of hydrogen-bond acceptors (Lipinski definition) is 6. The van der Waals surface area contributed by atoms with Crippen molar-refractivity contribution in [1.29, 1.82) is 0 Å². The first-order valence-electron chi connectivity index (χ1n) is 8.76. The molecule has 0 spiro atoms. The van der Waals surface area contributed by atoms with E-state index in [0.717, 1.165) is 0 Å². The summed E-state index contributed by atoms with van der Waals surface area (Å²) in [5, 5.41) is 9.96. The molecule has 6 nitrogen and oxygen atoms in total. The van der Waals surface area contributed by atoms with E-state index in [4.69, 9.17) is 16.0 Å². The van der Waals surface area contributed by atoms with E-state index in [1.807, 2.05) is 50.2 Å². The maximum absolute atomic E-state index is 12.9. The smallest absolute Gasteiger partial charge is 0.262 e. The summed E-state index contributed by atoms with van der Waals surface area (Å²) in [4.78, 5) is 17.5. The highest BCUT2D eigenvalue weighted by molar-refractivity contribution is 7.98. The van der Waals surface area contributed by atoms with Gasteiger partial charge in [0.15, 0.2) is 5.16 Å². The molecule has 2 aromatic heterocycles. The second-order valence-corrected chi connectivity index (χ2v) is 7.80. The van der Waals surface area contributed by atoms with Crippen LogP contribution in [0.15, 0.2) is 62.9 Å². The minimum Gasteiger partial charge on any atom is -0.420 e. The average molecular weight is 413 g/mol. The van der Waals surface area contributed by atoms with Crippen molar-refractivity contribution in [2.45, 2.75) is 30.8 Å². The fraction of sp³-hybridized carbons (Fsp3) is 0.200. The van der Waals surface area contributed by atoms with Crippen molar-refractivity contribution in [3.63, 3.8) is 0 Å². The van der Waals surface area contributed by atoms with E-state index in [9.17, 15) is 4.79 Å². The third kappa shape index (κ3) is 3.55. The van der Waals surface area contributed by atoms with Gasteiger partial charge in [0.1, 0.15) is 0 Å². The largest absolute Gasteiger partial charge is 0.420 e. The van der Waals surface area contributed by atoms with Gasteiger partial charge >= 0.3 is 0 Å². The molecule has 0 saturated carbocycles. The van der Waals surface area contributed by atoms with Gasteiger partial charge in [-0.05, 0) is 38.1 Å². The van der Waals surface area contributed by atoms with Crippen LogP contribution in [0.4, 0.5) is 0 Å². The number of thioether (sulfide) groups is 1. The monoisotopic (exact) mass is 412 g/mol. The molecule has 4 rings (SSSR count). The lowest BCUT2D eigenvalue weighted by Gasteiger charge is -2.15. The van der Waals surface area contributed by atoms with E-state index in [0.29, 0.717) is 44.2 Å². The fourth-order valence-electron chi connectivity index (χ4n) is 2.86. The molecule has 142 valence electrons. The average Bonchev–Trinajstić information content (AvgIpc) is 3.15. The predicted octanol–water partition coefficient (Wildman–Crippen LogP) is 4.97. The lowest BCUT2D eigenvalue weighted by Crippen LogP contribution is -2.25. The lowest BCUT2D eigenvalue weighted by molar-refractivity contribution is 0.514. The number of nitrogens with zero attached hydrogens (tertiary/aromatic N) is 4. The van der Waals surface area contributed by atoms with E-state index in [1.165, 1.54) is 11.8 Å². The highest BCUT2D eigenvalue weighted by Gasteiger charge is 2.16. The van der Waals surface area contributed by atoms with Crippen LogP contribution in [0.2, 0.25) is 5.02 Å². The molecule has 4 aromatic rings. The minimum absolute atomic E-state index is 0.0199. The van der Waals surface area contributed by atoms with Gasteiger partial charge in [-0.15, -0.1) is 10.2 Å². The first-order valence-corrected chi connectivity index (χ1v) is 10.1. The summed E-state index contributed by atoms with van der Waals surface area (Å²) in [6.45, 7) is 3.92. The van der Waals surface area contributed by atoms with Gasteiger partial charge in [-0.25, -0.2) is 4.98 Å². The summed E-state index contributed by atoms with van der Waals surface area (Å²) in [6.07, 6.45) is 0. The number of hydrogen-bond donors (Lipinski definition) is 0. The third-order valence-electron chi connectivity index (χ3n) is 4.19. The van der Waals surface area contributed by atoms with Crippen LogP contribution >= 0.6 is 23.4 Å². The number of halogens is 1. The molecule has 0 bridgehead atoms. The molecule has 2 aromatic carbocycles. The molecule has 0 aliphatic rings. The molecule has 0 N–H and O–H groups in total. The molecule has 0 radical (unpaired) electrons. The zero-order valence-corrected chi connectivity index (χ0v) is 16.9. The van der Waals surface area contributed by atoms with E-state index in [1.54, 1.807) is 16.7 Å². The summed E-state index contributed by atoms with van der Waals surface area (Å²) in [5.74, 6) is 1.21. The van der Waals surface area contributed by atoms with Crippen molar-refractivity contribution in [1.82, 2.24) is 19.7 Å². The summed E-state index contributed by atoms with van der Waals surface area (Å²) in [7, 11) is 0. The maximum atomic E-state index is 12.9. The van der Waals surface area contributed by atoms with E-state index < -0.39 is 0 Å². The molecule has 0 amide bonds. The molecule has 0 atom stereocenters. The van der Waals surface area contributed by atoms with Crippen molar-refractivity contribution in [3.05, 3.63) is 69.8 Å². The van der Waals surface area contributed by atoms with Crippen LogP contribution in [-0.2, 0) is 5.75 Å². The molecule has 0 aliphatic heterocycles. The molecular weight excluding hydrogens is 396 g/mol. The third-order valence-corrected chi connectivity index (χ3v) is 5.45. The lowest BCUT2D eigenvalue weighted by atomic mass is 10.2. The molecule has 0 fully saturated rings. The standard InChI is InChI=1S/C20H17ClN4O2S/c1-12(2)25-19(26)14-8-4-6-10-16(14)22-20(25)28-11-17-23-24-18(27-17)13-7-3-5-9-15(13)21/h3-10,12H,11H2,1-2H3. The summed E-state index contributed by atoms with van der Waals surface area (Å²) >= 11 is 7.58. The molecular formula is C20H17ClN4O2S. The van der Waals surface area contributed by atoms with E-state index in [2.05, 4.69) is 15.2 Å². The van der Waals surface area contributed by atoms with Crippen LogP contribution in [0.3, 0.4) is 0 Å². The Morgan fingerprint density at radius 1 is 1.11 bits per heavy atom. The van der Waals surface area contributed by atoms with Gasteiger partial charge in [0, 0.05) is 6.04 Å². The first-order chi connectivity index (χ1) is 13.5. The minimum atomic E-state index is -0.0506. The number of para-hydroxylation sites is 1. The molecule has 2 heterocycles. The van der Waals surface area contributed by atoms with Gasteiger partial charge in [-0.1, -0.05) is 47.6 Å². The van der Waals surface area contributed by atoms with Crippen molar-refractivity contribution < 1.29 is 4.42 Å². The Hall–Kier alpha value is -2.64. The maximum Gasteiger partial charge on any atom is 0.262 e. The Morgan fingerprint density at radius 3 is 2.64 bits per heavy atom. The molecule has 28 heavy (non-hydrogen) atoms. The van der Waals surface area contributed by atoms with Crippen LogP contribution in [0.5, 0.6) is 0 Å². The van der Waals surface area contributed by atoms with E-state index in [-0.39, 0.29) is 11.6 Å². The summed E-state index contributed by atoms with van der Waals surface area (Å²) < 4.78 is 7.44. The Bertz CT molecular complexity index is 1200. The van der Waals surface area contributed by atoms with Crippen LogP contribution in [-0.4, -0.2) is 19.7 Å². The topological polar surface area (TPSA) is 73.8 Å². The molecule has 0 saturated heterocycles. The van der Waals surface area contributed by atoms with Crippen LogP contribution in [0.1, 0.15) is 25.8 Å². The highest BCUT2D eigenvalue weighted by atomic mass is 35.5. The SMILES string of the molecule is CC(C)n1c(SCc2nnc(-c3ccccc3Cl)o2)nc2ccccc2c1=O. The van der Waals surface area contributed by atoms with Gasteiger partial charge < -0.3 is 4.42 Å². The van der Waals surface area contributed by atoms with Gasteiger partial charge in [-0.3, -0.25) is 9.36 Å². The normalized spacial score (nSPS) is 11.4. The Morgan fingerprint density at radius 2 is 1.86 bits per heavy atom. The quantitative estimate of drug-likeness (QED) is 0.340. The second kappa shape index (κ2) is 7.77. The highest BCUT2D eigenvalue weighted by Crippen LogP contribution is 2.28. The molecule has 0 unspecified atom stereocenters. The van der Waals surface area contributed by atoms with E-state index >= 15 is 0 Å². The number of rotatable bonds is 5. The van der Waals surface area contributed by atoms with Crippen molar-refractivity contribution >= 4 is 34.3 Å². The van der Waals surface area contributed by atoms with Gasteiger partial charge in [0.05, 0.1) is 27.2 Å². The van der Waals surface area contributed by atoms with Crippen molar-refractivity contribution in [2.75, 3.05) is 0 Å². The Kier molecular flexibility index (Phi) is 5.19. The second-order valence-electron chi connectivity index (χ2n) is 6.45. The predicted molar refractivity (Wildman–Crippen MR) is 111 cm³/mol. The van der Waals surface area contributed by atoms with Crippen LogP contribution in [0.25, 0.3) is 22.4 Å². The van der Waals surface area contributed by atoms with Gasteiger partial charge in [0.25, 0.3) is 5.56 Å². The van der Waals surface area contributed by atoms with Gasteiger partial charge in [0.2, 0.25) is 11.8 Å². The number of aromatic nitrogens is 4. The Balaban J connectivity index is 1.64. The first kappa shape index (κ1) is 18.7. The number of fused-ring (bicyclic) bond motifs is 1. The molecule has 0 aliphatic carbocycles. The summed E-state index contributed by atoms with van der Waals surface area (Å²) in [6, 6.07) is 14.6. The van der Waals surface area contributed by atoms with Crippen molar-refractivity contribution in [2.24, 2.45) is 0 Å². The molecule has 8 heteroatoms.